The molecule has 1 atom stereocenters. The van der Waals surface area contributed by atoms with Gasteiger partial charge in [0, 0.05) is 4.47 Å². The lowest BCUT2D eigenvalue weighted by atomic mass is 9.91. The molecule has 1 unspecified atom stereocenters. The Labute approximate surface area is 132 Å². The van der Waals surface area contributed by atoms with Crippen LogP contribution in [0.15, 0.2) is 53.0 Å². The second-order valence-corrected chi connectivity index (χ2v) is 5.74. The highest BCUT2D eigenvalue weighted by Gasteiger charge is 2.33. The average molecular weight is 349 g/mol. The molecule has 2 aromatic rings. The Morgan fingerprint density at radius 1 is 1.19 bits per heavy atom. The van der Waals surface area contributed by atoms with E-state index in [2.05, 4.69) is 21.2 Å². The first-order chi connectivity index (χ1) is 9.97. The number of benzene rings is 2. The molecule has 0 aliphatic heterocycles. The second-order valence-electron chi connectivity index (χ2n) is 4.82. The molecule has 2 rings (SSSR count). The van der Waals surface area contributed by atoms with Crippen molar-refractivity contribution in [1.29, 1.82) is 0 Å². The van der Waals surface area contributed by atoms with Gasteiger partial charge < -0.3 is 15.8 Å². The Kier molecular flexibility index (Phi) is 4.53. The average Bonchev–Trinajstić information content (AvgIpc) is 2.48. The number of nitrogens with two attached hydrogens (primary N) is 1. The normalized spacial score (nSPS) is 13.3. The van der Waals surface area contributed by atoms with Gasteiger partial charge in [0.15, 0.2) is 0 Å². The van der Waals surface area contributed by atoms with Crippen molar-refractivity contribution in [3.8, 4) is 5.75 Å². The van der Waals surface area contributed by atoms with E-state index in [1.54, 1.807) is 14.0 Å². The number of anilines is 1. The van der Waals surface area contributed by atoms with Gasteiger partial charge in [-0.3, -0.25) is 4.79 Å². The molecule has 0 aliphatic carbocycles. The molecule has 0 aliphatic rings. The quantitative estimate of drug-likeness (QED) is 0.871. The molecule has 0 bridgehead atoms. The molecule has 1 amide bonds. The van der Waals surface area contributed by atoms with Gasteiger partial charge in [0.1, 0.15) is 11.3 Å². The van der Waals surface area contributed by atoms with Crippen LogP contribution in [-0.4, -0.2) is 13.0 Å². The minimum atomic E-state index is -1.03. The van der Waals surface area contributed by atoms with Gasteiger partial charge in [-0.05, 0) is 36.8 Å². The lowest BCUT2D eigenvalue weighted by molar-refractivity contribution is -0.122. The van der Waals surface area contributed by atoms with Crippen LogP contribution in [0.5, 0.6) is 5.75 Å². The summed E-state index contributed by atoms with van der Waals surface area (Å²) in [4.78, 5) is 12.0. The zero-order valence-corrected chi connectivity index (χ0v) is 13.5. The van der Waals surface area contributed by atoms with Gasteiger partial charge in [-0.1, -0.05) is 40.2 Å². The Balaban J connectivity index is 2.43. The first-order valence-electron chi connectivity index (χ1n) is 6.44. The summed E-state index contributed by atoms with van der Waals surface area (Å²) in [5, 5.41) is 3.20. The second kappa shape index (κ2) is 6.18. The van der Waals surface area contributed by atoms with Crippen molar-refractivity contribution in [1.82, 2.24) is 0 Å². The number of primary amides is 1. The Hall–Kier alpha value is -2.01. The first-order valence-corrected chi connectivity index (χ1v) is 7.24. The minimum absolute atomic E-state index is 0.462. The third-order valence-corrected chi connectivity index (χ3v) is 3.93. The molecular formula is C16H17BrN2O2. The van der Waals surface area contributed by atoms with Crippen LogP contribution in [0.1, 0.15) is 12.5 Å². The topological polar surface area (TPSA) is 64.3 Å². The van der Waals surface area contributed by atoms with Crippen molar-refractivity contribution in [2.45, 2.75) is 12.5 Å². The summed E-state index contributed by atoms with van der Waals surface area (Å²) >= 11 is 3.38. The van der Waals surface area contributed by atoms with Crippen LogP contribution in [-0.2, 0) is 10.3 Å². The number of methoxy groups -OCH3 is 1. The van der Waals surface area contributed by atoms with E-state index in [-0.39, 0.29) is 0 Å². The monoisotopic (exact) mass is 348 g/mol. The maximum absolute atomic E-state index is 12.0. The number of nitrogens with one attached hydrogen (secondary N) is 1. The lowest BCUT2D eigenvalue weighted by Gasteiger charge is -2.30. The largest absolute Gasteiger partial charge is 0.495 e. The smallest absolute Gasteiger partial charge is 0.247 e. The molecule has 5 heteroatoms. The van der Waals surface area contributed by atoms with Crippen LogP contribution < -0.4 is 15.8 Å². The number of hydrogen-bond acceptors (Lipinski definition) is 3. The molecule has 2 aromatic carbocycles. The molecule has 4 nitrogen and oxygen atoms in total. The number of para-hydroxylation sites is 2. The van der Waals surface area contributed by atoms with Crippen molar-refractivity contribution in [2.24, 2.45) is 5.73 Å². The molecule has 0 saturated heterocycles. The summed E-state index contributed by atoms with van der Waals surface area (Å²) in [6.45, 7) is 1.75. The van der Waals surface area contributed by atoms with E-state index < -0.39 is 11.4 Å². The first kappa shape index (κ1) is 15.4. The van der Waals surface area contributed by atoms with Crippen LogP contribution in [0.2, 0.25) is 0 Å². The molecule has 0 saturated carbocycles. The van der Waals surface area contributed by atoms with Crippen LogP contribution in [0, 0.1) is 0 Å². The summed E-state index contributed by atoms with van der Waals surface area (Å²) in [7, 11) is 1.59. The maximum atomic E-state index is 12.0. The Bertz CT molecular complexity index is 643. The summed E-state index contributed by atoms with van der Waals surface area (Å²) in [6.07, 6.45) is 0. The molecular weight excluding hydrogens is 332 g/mol. The van der Waals surface area contributed by atoms with Gasteiger partial charge >= 0.3 is 0 Å². The zero-order chi connectivity index (χ0) is 15.5. The fourth-order valence-corrected chi connectivity index (χ4v) is 2.34. The van der Waals surface area contributed by atoms with Crippen molar-refractivity contribution in [2.75, 3.05) is 12.4 Å². The molecule has 0 spiro atoms. The van der Waals surface area contributed by atoms with Crippen molar-refractivity contribution < 1.29 is 9.53 Å². The maximum Gasteiger partial charge on any atom is 0.247 e. The number of halogens is 1. The molecule has 0 aromatic heterocycles. The molecule has 0 heterocycles. The van der Waals surface area contributed by atoms with Crippen LogP contribution in [0.3, 0.4) is 0 Å². The third kappa shape index (κ3) is 3.19. The molecule has 21 heavy (non-hydrogen) atoms. The highest BCUT2D eigenvalue weighted by atomic mass is 79.9. The lowest BCUT2D eigenvalue weighted by Crippen LogP contribution is -2.45. The summed E-state index contributed by atoms with van der Waals surface area (Å²) in [6, 6.07) is 14.9. The SMILES string of the molecule is COc1ccccc1NC(C)(C(N)=O)c1ccc(Br)cc1. The summed E-state index contributed by atoms with van der Waals surface area (Å²) in [5.74, 6) is 0.192. The standard InChI is InChI=1S/C16H17BrN2O2/c1-16(15(18)20,11-7-9-12(17)10-8-11)19-13-5-3-4-6-14(13)21-2/h3-10,19H,1-2H3,(H2,18,20). The Morgan fingerprint density at radius 3 is 2.38 bits per heavy atom. The van der Waals surface area contributed by atoms with Crippen molar-refractivity contribution in [3.05, 3.63) is 58.6 Å². The Morgan fingerprint density at radius 2 is 1.81 bits per heavy atom. The van der Waals surface area contributed by atoms with Gasteiger partial charge in [0.05, 0.1) is 12.8 Å². The van der Waals surface area contributed by atoms with E-state index in [9.17, 15) is 4.79 Å². The molecule has 110 valence electrons. The number of hydrogen-bond donors (Lipinski definition) is 2. The van der Waals surface area contributed by atoms with E-state index in [0.717, 1.165) is 10.0 Å². The van der Waals surface area contributed by atoms with E-state index in [0.29, 0.717) is 11.4 Å². The highest BCUT2D eigenvalue weighted by molar-refractivity contribution is 9.10. The van der Waals surface area contributed by atoms with Crippen molar-refractivity contribution in [3.63, 3.8) is 0 Å². The van der Waals surface area contributed by atoms with E-state index in [1.807, 2.05) is 48.5 Å². The van der Waals surface area contributed by atoms with Crippen molar-refractivity contribution >= 4 is 27.5 Å². The predicted molar refractivity (Wildman–Crippen MR) is 87.3 cm³/mol. The fourth-order valence-electron chi connectivity index (χ4n) is 2.08. The van der Waals surface area contributed by atoms with Crippen LogP contribution in [0.25, 0.3) is 0 Å². The van der Waals surface area contributed by atoms with Crippen LogP contribution >= 0.6 is 15.9 Å². The van der Waals surface area contributed by atoms with Crippen LogP contribution in [0.4, 0.5) is 5.69 Å². The molecule has 0 radical (unpaired) electrons. The fraction of sp³-hybridized carbons (Fsp3) is 0.188. The minimum Gasteiger partial charge on any atom is -0.495 e. The zero-order valence-electron chi connectivity index (χ0n) is 11.9. The highest BCUT2D eigenvalue weighted by Crippen LogP contribution is 2.32. The van der Waals surface area contributed by atoms with Gasteiger partial charge in [-0.2, -0.15) is 0 Å². The van der Waals surface area contributed by atoms with E-state index in [1.165, 1.54) is 0 Å². The van der Waals surface area contributed by atoms with Gasteiger partial charge in [0.2, 0.25) is 5.91 Å². The summed E-state index contributed by atoms with van der Waals surface area (Å²) in [5.41, 5.74) is 6.09. The predicted octanol–water partition coefficient (Wildman–Crippen LogP) is 3.27. The van der Waals surface area contributed by atoms with Gasteiger partial charge in [-0.15, -0.1) is 0 Å². The van der Waals surface area contributed by atoms with E-state index in [4.69, 9.17) is 10.5 Å². The van der Waals surface area contributed by atoms with Gasteiger partial charge in [0.25, 0.3) is 0 Å². The number of carbonyl (C=O) groups excluding carboxylic acids is 1. The summed E-state index contributed by atoms with van der Waals surface area (Å²) < 4.78 is 6.24. The van der Waals surface area contributed by atoms with E-state index >= 15 is 0 Å². The molecule has 0 fully saturated rings. The number of amides is 1. The molecule has 3 N–H and O–H groups in total. The number of rotatable bonds is 5. The number of carbonyl (C=O) groups is 1. The number of ether oxygens (including phenoxy) is 1. The van der Waals surface area contributed by atoms with Gasteiger partial charge in [-0.25, -0.2) is 0 Å². The third-order valence-electron chi connectivity index (χ3n) is 3.41.